The Bertz CT molecular complexity index is 549. The van der Waals surface area contributed by atoms with Crippen LogP contribution in [0.4, 0.5) is 0 Å². The Balaban J connectivity index is 0.00000141. The summed E-state index contributed by atoms with van der Waals surface area (Å²) in [5, 5.41) is 9.38. The van der Waals surface area contributed by atoms with Crippen LogP contribution in [0, 0.1) is 50.4 Å². The Morgan fingerprint density at radius 1 is 0.955 bits per heavy atom. The number of hydrogen-bond donors (Lipinski definition) is 1. The summed E-state index contributed by atoms with van der Waals surface area (Å²) in [6.45, 7) is 6.02. The zero-order valence-electron chi connectivity index (χ0n) is 13.6. The van der Waals surface area contributed by atoms with Crippen LogP contribution in [0.2, 0.25) is 0 Å². The van der Waals surface area contributed by atoms with Gasteiger partial charge in [-0.15, -0.1) is 6.42 Å². The maximum Gasteiger partial charge on any atom is 0.179 e. The molecule has 2 aromatic rings. The van der Waals surface area contributed by atoms with E-state index in [0.717, 1.165) is 16.7 Å². The molecule has 0 aliphatic carbocycles. The van der Waals surface area contributed by atoms with Crippen molar-refractivity contribution in [3.05, 3.63) is 65.2 Å². The van der Waals surface area contributed by atoms with Crippen LogP contribution < -0.4 is 0 Å². The third-order valence-electron chi connectivity index (χ3n) is 3.24. The fourth-order valence-electron chi connectivity index (χ4n) is 2.11. The minimum Gasteiger partial charge on any atom is -0.508 e. The van der Waals surface area contributed by atoms with Gasteiger partial charge in [-0.2, -0.15) is 0 Å². The monoisotopic (exact) mass is 520 g/mol. The number of rotatable bonds is 3. The van der Waals surface area contributed by atoms with Gasteiger partial charge in [0.25, 0.3) is 0 Å². The van der Waals surface area contributed by atoms with E-state index in [1.54, 1.807) is 31.4 Å². The third kappa shape index (κ3) is 4.40. The Hall–Kier alpha value is -1.19. The summed E-state index contributed by atoms with van der Waals surface area (Å²) in [5.41, 5.74) is 1.95. The van der Waals surface area contributed by atoms with Crippen LogP contribution in [-0.2, 0) is 10.3 Å². The summed E-state index contributed by atoms with van der Waals surface area (Å²) in [6, 6.07) is 14.7. The largest absolute Gasteiger partial charge is 0.508 e. The molecule has 1 unspecified atom stereocenters. The molecular weight excluding hydrogens is 498 g/mol. The van der Waals surface area contributed by atoms with Crippen LogP contribution in [-0.4, -0.2) is 12.2 Å². The number of benzene rings is 2. The molecule has 0 fully saturated rings. The van der Waals surface area contributed by atoms with Crippen molar-refractivity contribution in [1.29, 1.82) is 0 Å². The number of aromatic hydroxyl groups is 1. The first kappa shape index (κ1) is 20.8. The van der Waals surface area contributed by atoms with Gasteiger partial charge in [0.05, 0.1) is 0 Å². The molecule has 0 amide bonds. The Labute approximate surface area is 157 Å². The smallest absolute Gasteiger partial charge is 0.179 e. The Kier molecular flexibility index (Phi) is 9.23. The Morgan fingerprint density at radius 3 is 1.73 bits per heavy atom. The zero-order valence-corrected chi connectivity index (χ0v) is 17.7. The first-order chi connectivity index (χ1) is 10.1. The maximum absolute atomic E-state index is 9.38. The summed E-state index contributed by atoms with van der Waals surface area (Å²) in [5.74, 6) is 2.94. The molecule has 0 bridgehead atoms. The average molecular weight is 520 g/mol. The van der Waals surface area contributed by atoms with E-state index < -0.39 is 5.60 Å². The van der Waals surface area contributed by atoms with Gasteiger partial charge in [-0.05, 0) is 19.1 Å². The minimum atomic E-state index is -0.929. The van der Waals surface area contributed by atoms with Crippen LogP contribution in [0.25, 0.3) is 0 Å². The third-order valence-corrected chi connectivity index (χ3v) is 3.24. The molecule has 2 nitrogen and oxygen atoms in total. The summed E-state index contributed by atoms with van der Waals surface area (Å²) in [6.07, 6.45) is 5.72. The average Bonchev–Trinajstić information content (AvgIpc) is 2.54. The second-order valence-electron chi connectivity index (χ2n) is 4.44. The van der Waals surface area contributed by atoms with Gasteiger partial charge in [0, 0.05) is 49.3 Å². The van der Waals surface area contributed by atoms with Gasteiger partial charge < -0.3 is 9.84 Å². The standard InChI is InChI=1S/C17H16O2.C2H6.U/c1-4-17(19-3,14-7-5-13(2)6-8-14)15-9-11-16(18)12-10-15;1-2;/h1,5-12,18H,2-3H3;1-2H3;. The normalized spacial score (nSPS) is 12.0. The fraction of sp³-hybridized carbons (Fsp3) is 0.263. The van der Waals surface area contributed by atoms with Crippen LogP contribution in [0.3, 0.4) is 0 Å². The van der Waals surface area contributed by atoms with Gasteiger partial charge in [0.2, 0.25) is 0 Å². The van der Waals surface area contributed by atoms with E-state index in [0.29, 0.717) is 0 Å². The van der Waals surface area contributed by atoms with Gasteiger partial charge in [-0.1, -0.05) is 61.7 Å². The van der Waals surface area contributed by atoms with Crippen molar-refractivity contribution < 1.29 is 41.0 Å². The van der Waals surface area contributed by atoms with Crippen molar-refractivity contribution in [3.63, 3.8) is 0 Å². The molecule has 0 radical (unpaired) electrons. The number of methoxy groups -OCH3 is 1. The van der Waals surface area contributed by atoms with Gasteiger partial charge in [-0.3, -0.25) is 0 Å². The molecule has 0 heterocycles. The summed E-state index contributed by atoms with van der Waals surface area (Å²) in [7, 11) is 1.59. The molecule has 2 rings (SSSR count). The van der Waals surface area contributed by atoms with Crippen molar-refractivity contribution in [2.24, 2.45) is 0 Å². The van der Waals surface area contributed by atoms with Crippen molar-refractivity contribution in [3.8, 4) is 18.1 Å². The van der Waals surface area contributed by atoms with E-state index in [-0.39, 0.29) is 36.9 Å². The fourth-order valence-corrected chi connectivity index (χ4v) is 2.11. The molecule has 0 spiro atoms. The van der Waals surface area contributed by atoms with Gasteiger partial charge >= 0.3 is 0 Å². The predicted octanol–water partition coefficient (Wildman–Crippen LogP) is 4.25. The van der Waals surface area contributed by atoms with Gasteiger partial charge in [-0.25, -0.2) is 0 Å². The molecule has 2 aromatic carbocycles. The molecule has 3 heteroatoms. The SMILES string of the molecule is C#CC(OC)(c1ccc(C)cc1)c1ccc(O)cc1.CC.[U]. The second kappa shape index (κ2) is 9.75. The van der Waals surface area contributed by atoms with Crippen LogP contribution >= 0.6 is 0 Å². The molecule has 0 aliphatic heterocycles. The molecule has 1 N–H and O–H groups in total. The number of terminal acetylenes is 1. The van der Waals surface area contributed by atoms with E-state index in [1.165, 1.54) is 0 Å². The molecule has 114 valence electrons. The summed E-state index contributed by atoms with van der Waals surface area (Å²) in [4.78, 5) is 0. The Morgan fingerprint density at radius 2 is 1.36 bits per heavy atom. The zero-order chi connectivity index (χ0) is 15.9. The van der Waals surface area contributed by atoms with Crippen molar-refractivity contribution in [2.75, 3.05) is 7.11 Å². The number of hydrogen-bond acceptors (Lipinski definition) is 2. The first-order valence-electron chi connectivity index (χ1n) is 7.02. The quantitative estimate of drug-likeness (QED) is 0.614. The van der Waals surface area contributed by atoms with E-state index in [1.807, 2.05) is 45.0 Å². The predicted molar refractivity (Wildman–Crippen MR) is 87.3 cm³/mol. The second-order valence-corrected chi connectivity index (χ2v) is 4.44. The molecule has 1 atom stereocenters. The number of aryl methyl sites for hydroxylation is 1. The minimum absolute atomic E-state index is 0. The van der Waals surface area contributed by atoms with Gasteiger partial charge in [0.15, 0.2) is 5.60 Å². The summed E-state index contributed by atoms with van der Waals surface area (Å²) < 4.78 is 5.62. The maximum atomic E-state index is 9.38. The molecule has 0 saturated carbocycles. The van der Waals surface area contributed by atoms with Gasteiger partial charge in [0.1, 0.15) is 5.75 Å². The molecule has 0 aliphatic rings. The van der Waals surface area contributed by atoms with Crippen molar-refractivity contribution >= 4 is 0 Å². The number of phenolic OH excluding ortho intramolecular Hbond substituents is 1. The van der Waals surface area contributed by atoms with E-state index >= 15 is 0 Å². The number of phenols is 1. The van der Waals surface area contributed by atoms with Crippen LogP contribution in [0.15, 0.2) is 48.5 Å². The topological polar surface area (TPSA) is 29.5 Å². The first-order valence-corrected chi connectivity index (χ1v) is 7.02. The van der Waals surface area contributed by atoms with Crippen molar-refractivity contribution in [2.45, 2.75) is 26.4 Å². The molecule has 0 aromatic heterocycles. The van der Waals surface area contributed by atoms with Crippen molar-refractivity contribution in [1.82, 2.24) is 0 Å². The molecular formula is C19H22O2U. The van der Waals surface area contributed by atoms with E-state index in [4.69, 9.17) is 11.2 Å². The van der Waals surface area contributed by atoms with Crippen LogP contribution in [0.1, 0.15) is 30.5 Å². The van der Waals surface area contributed by atoms with E-state index in [2.05, 4.69) is 5.92 Å². The van der Waals surface area contributed by atoms with E-state index in [9.17, 15) is 5.11 Å². The molecule has 0 saturated heterocycles. The summed E-state index contributed by atoms with van der Waals surface area (Å²) >= 11 is 0. The number of ether oxygens (including phenoxy) is 1. The molecule has 22 heavy (non-hydrogen) atoms. The van der Waals surface area contributed by atoms with Crippen LogP contribution in [0.5, 0.6) is 5.75 Å².